The normalized spacial score (nSPS) is 18.2. The first-order chi connectivity index (χ1) is 17.8. The van der Waals surface area contributed by atoms with Gasteiger partial charge in [0.2, 0.25) is 5.91 Å². The Morgan fingerprint density at radius 3 is 2.78 bits per heavy atom. The molecule has 13 heteroatoms. The van der Waals surface area contributed by atoms with E-state index in [0.717, 1.165) is 10.9 Å². The maximum absolute atomic E-state index is 13.7. The summed E-state index contributed by atoms with van der Waals surface area (Å²) in [6, 6.07) is 12.2. The maximum Gasteiger partial charge on any atom is 0.275 e. The van der Waals surface area contributed by atoms with Crippen LogP contribution in [-0.2, 0) is 35.4 Å². The number of aromatic amines is 1. The lowest BCUT2D eigenvalue weighted by Gasteiger charge is -2.34. The summed E-state index contributed by atoms with van der Waals surface area (Å²) in [5.41, 5.74) is 4.08. The lowest BCUT2D eigenvalue weighted by atomic mass is 10.0. The van der Waals surface area contributed by atoms with Crippen molar-refractivity contribution in [1.29, 1.82) is 0 Å². The fourth-order valence-electron chi connectivity index (χ4n) is 5.13. The molecule has 1 unspecified atom stereocenters. The molecule has 190 valence electrons. The molecule has 0 aliphatic carbocycles. The number of carbonyl (C=O) groups is 2. The highest BCUT2D eigenvalue weighted by Gasteiger charge is 2.41. The summed E-state index contributed by atoms with van der Waals surface area (Å²) >= 11 is 4.33. The van der Waals surface area contributed by atoms with E-state index in [9.17, 15) is 18.4 Å². The minimum Gasteiger partial charge on any atom is -0.324 e. The molecule has 2 aromatic carbocycles. The Hall–Kier alpha value is -3.74. The van der Waals surface area contributed by atoms with Crippen LogP contribution in [0.25, 0.3) is 10.9 Å². The Morgan fingerprint density at radius 1 is 1.24 bits per heavy atom. The molecular formula is C24H22ClN7O4S. The van der Waals surface area contributed by atoms with E-state index < -0.39 is 17.3 Å². The number of hydrogen-bond donors (Lipinski definition) is 3. The first-order valence-corrected chi connectivity index (χ1v) is 13.1. The predicted molar refractivity (Wildman–Crippen MR) is 139 cm³/mol. The van der Waals surface area contributed by atoms with Crippen molar-refractivity contribution in [2.24, 2.45) is 0 Å². The van der Waals surface area contributed by atoms with Crippen LogP contribution < -0.4 is 9.62 Å². The number of aromatic nitrogens is 4. The van der Waals surface area contributed by atoms with Gasteiger partial charge in [0.15, 0.2) is 5.69 Å². The van der Waals surface area contributed by atoms with Crippen molar-refractivity contribution < 1.29 is 18.4 Å². The Balaban J connectivity index is 1.33. The second kappa shape index (κ2) is 8.98. The van der Waals surface area contributed by atoms with Crippen molar-refractivity contribution in [2.45, 2.75) is 25.4 Å². The van der Waals surface area contributed by atoms with Gasteiger partial charge in [0, 0.05) is 36.7 Å². The van der Waals surface area contributed by atoms with E-state index in [1.54, 1.807) is 28.8 Å². The van der Waals surface area contributed by atoms with E-state index in [0.29, 0.717) is 52.8 Å². The van der Waals surface area contributed by atoms with E-state index in [2.05, 4.69) is 20.0 Å². The van der Waals surface area contributed by atoms with Gasteiger partial charge in [-0.2, -0.15) is 10.2 Å². The Labute approximate surface area is 218 Å². The quantitative estimate of drug-likeness (QED) is 0.333. The number of benzene rings is 2. The van der Waals surface area contributed by atoms with E-state index in [1.165, 1.54) is 4.90 Å². The summed E-state index contributed by atoms with van der Waals surface area (Å²) in [5, 5.41) is 13.0. The van der Waals surface area contributed by atoms with Crippen LogP contribution in [0, 0.1) is 0 Å². The monoisotopic (exact) mass is 539 g/mol. The summed E-state index contributed by atoms with van der Waals surface area (Å²) in [6.45, 7) is 0.748. The zero-order valence-electron chi connectivity index (χ0n) is 19.6. The minimum absolute atomic E-state index is 0.241. The Bertz CT molecular complexity index is 1580. The van der Waals surface area contributed by atoms with Gasteiger partial charge >= 0.3 is 0 Å². The van der Waals surface area contributed by atoms with Crippen molar-refractivity contribution in [2.75, 3.05) is 23.2 Å². The van der Waals surface area contributed by atoms with Crippen LogP contribution in [0.3, 0.4) is 0 Å². The first-order valence-electron chi connectivity index (χ1n) is 11.6. The van der Waals surface area contributed by atoms with Gasteiger partial charge in [0.05, 0.1) is 23.4 Å². The number of halogens is 1. The highest BCUT2D eigenvalue weighted by Crippen LogP contribution is 2.37. The summed E-state index contributed by atoms with van der Waals surface area (Å²) in [7, 11) is 1.62. The molecule has 4 heterocycles. The number of nitrogens with zero attached hydrogens (tertiary/aromatic N) is 5. The summed E-state index contributed by atoms with van der Waals surface area (Å²) in [5.74, 6) is -0.624. The molecule has 3 N–H and O–H groups in total. The lowest BCUT2D eigenvalue weighted by molar-refractivity contribution is -0.122. The molecule has 2 atom stereocenters. The third-order valence-electron chi connectivity index (χ3n) is 6.89. The van der Waals surface area contributed by atoms with Crippen LogP contribution in [0.5, 0.6) is 0 Å². The highest BCUT2D eigenvalue weighted by molar-refractivity contribution is 7.80. The van der Waals surface area contributed by atoms with Gasteiger partial charge in [-0.15, -0.1) is 0 Å². The second-order valence-electron chi connectivity index (χ2n) is 9.07. The third-order valence-corrected chi connectivity index (χ3v) is 7.72. The number of nitrogens with one attached hydrogen (secondary N) is 2. The number of rotatable bonds is 5. The molecule has 4 aromatic rings. The smallest absolute Gasteiger partial charge is 0.275 e. The van der Waals surface area contributed by atoms with E-state index in [4.69, 9.17) is 11.6 Å². The zero-order valence-corrected chi connectivity index (χ0v) is 21.2. The summed E-state index contributed by atoms with van der Waals surface area (Å²) in [4.78, 5) is 30.3. The van der Waals surface area contributed by atoms with Gasteiger partial charge in [0.25, 0.3) is 17.2 Å². The van der Waals surface area contributed by atoms with Crippen molar-refractivity contribution in [3.05, 3.63) is 70.1 Å². The molecule has 0 spiro atoms. The standard InChI is InChI=1S/C24H22ClN7O4S/c1-30-18-10-14(29-37(35)36)9-16-20(18)17(27-26-16)11-19(23(30)33)31-8-7-15-21(24(31)34)28-32(22(15)25)12-13-5-3-2-4-6-13/h2-6,9-10,19,29H,7-8,11-12H2,1H3,(H,26,27)(H,35,36)/t19-/m0/s1. The van der Waals surface area contributed by atoms with Crippen molar-refractivity contribution in [3.8, 4) is 0 Å². The average Bonchev–Trinajstić information content (AvgIpc) is 3.40. The Morgan fingerprint density at radius 2 is 2.03 bits per heavy atom. The molecule has 0 radical (unpaired) electrons. The number of likely N-dealkylation sites (N-methyl/N-ethyl adjacent to an activating group) is 1. The molecule has 2 aliphatic heterocycles. The number of hydrogen-bond acceptors (Lipinski definition) is 5. The van der Waals surface area contributed by atoms with Crippen molar-refractivity contribution in [1.82, 2.24) is 24.9 Å². The van der Waals surface area contributed by atoms with Gasteiger partial charge in [-0.1, -0.05) is 41.9 Å². The van der Waals surface area contributed by atoms with Gasteiger partial charge in [0.1, 0.15) is 11.2 Å². The van der Waals surface area contributed by atoms with Crippen LogP contribution in [-0.4, -0.2) is 65.1 Å². The number of fused-ring (bicyclic) bond motifs is 1. The molecule has 2 aliphatic rings. The molecule has 2 aromatic heterocycles. The topological polar surface area (TPSA) is 136 Å². The van der Waals surface area contributed by atoms with Crippen molar-refractivity contribution >= 4 is 57.0 Å². The predicted octanol–water partition coefficient (Wildman–Crippen LogP) is 2.60. The lowest BCUT2D eigenvalue weighted by Crippen LogP contribution is -2.53. The second-order valence-corrected chi connectivity index (χ2v) is 10.1. The molecule has 6 rings (SSSR count). The molecule has 37 heavy (non-hydrogen) atoms. The van der Waals surface area contributed by atoms with E-state index in [1.807, 2.05) is 30.3 Å². The van der Waals surface area contributed by atoms with Crippen LogP contribution >= 0.6 is 11.6 Å². The van der Waals surface area contributed by atoms with Gasteiger partial charge in [-0.25, -0.2) is 8.89 Å². The number of amides is 2. The minimum atomic E-state index is -2.28. The first kappa shape index (κ1) is 23.6. The molecule has 0 fully saturated rings. The summed E-state index contributed by atoms with van der Waals surface area (Å²) < 4.78 is 24.6. The van der Waals surface area contributed by atoms with Crippen LogP contribution in [0.2, 0.25) is 5.15 Å². The molecule has 11 nitrogen and oxygen atoms in total. The molecule has 2 amide bonds. The molecule has 0 bridgehead atoms. The van der Waals surface area contributed by atoms with Crippen LogP contribution in [0.4, 0.5) is 11.4 Å². The van der Waals surface area contributed by atoms with Gasteiger partial charge in [-0.05, 0) is 24.1 Å². The SMILES string of the molecule is CN1C(=O)[C@@H](N2CCc3c(nn(Cc4ccccc4)c3Cl)C2=O)Cc2[nH]nc3cc(NS(=O)O)cc1c23. The highest BCUT2D eigenvalue weighted by atomic mass is 35.5. The van der Waals surface area contributed by atoms with Gasteiger partial charge < -0.3 is 9.80 Å². The molecule has 0 saturated heterocycles. The maximum atomic E-state index is 13.7. The largest absolute Gasteiger partial charge is 0.324 e. The summed E-state index contributed by atoms with van der Waals surface area (Å²) in [6.07, 6.45) is 0.717. The fraction of sp³-hybridized carbons (Fsp3) is 0.250. The number of anilines is 2. The average molecular weight is 540 g/mol. The van der Waals surface area contributed by atoms with E-state index in [-0.39, 0.29) is 23.9 Å². The zero-order chi connectivity index (χ0) is 25.8. The fourth-order valence-corrected chi connectivity index (χ4v) is 5.73. The third kappa shape index (κ3) is 3.97. The van der Waals surface area contributed by atoms with E-state index >= 15 is 0 Å². The van der Waals surface area contributed by atoms with Crippen LogP contribution in [0.15, 0.2) is 42.5 Å². The Kier molecular flexibility index (Phi) is 5.74. The van der Waals surface area contributed by atoms with Gasteiger partial charge in [-0.3, -0.25) is 24.0 Å². The number of carbonyl (C=O) groups excluding carboxylic acids is 2. The number of H-pyrrole nitrogens is 1. The molecular weight excluding hydrogens is 518 g/mol. The van der Waals surface area contributed by atoms with Crippen molar-refractivity contribution in [3.63, 3.8) is 0 Å². The molecule has 0 saturated carbocycles. The van der Waals surface area contributed by atoms with Crippen LogP contribution in [0.1, 0.15) is 27.3 Å².